The Kier molecular flexibility index (Phi) is 9.30. The molecule has 1 aliphatic rings. The number of benzene rings is 1. The van der Waals surface area contributed by atoms with Crippen molar-refractivity contribution in [3.63, 3.8) is 0 Å². The Labute approximate surface area is 227 Å². The van der Waals surface area contributed by atoms with Crippen LogP contribution in [0.4, 0.5) is 0 Å². The standard InChI is InChI=1S/C28H44N4O5Si/c1-21(20-33)35-16-15-34-14-12-31-19-22(18-29-31)27-24-17-23(37-38(5,6)28(2,3)4)10-11-25(24)32(30-27)26-9-7-8-13-36-26/h10-11,17-19,21,26,33H,7-9,12-16,20H2,1-6H3/t21-,26?/m0/s1. The van der Waals surface area contributed by atoms with Crippen molar-refractivity contribution in [1.29, 1.82) is 0 Å². The summed E-state index contributed by atoms with van der Waals surface area (Å²) in [5, 5.41) is 19.8. The number of aromatic nitrogens is 4. The third-order valence-electron chi connectivity index (χ3n) is 7.54. The summed E-state index contributed by atoms with van der Waals surface area (Å²) in [5.74, 6) is 0.882. The molecule has 38 heavy (non-hydrogen) atoms. The summed E-state index contributed by atoms with van der Waals surface area (Å²) < 4.78 is 27.8. The van der Waals surface area contributed by atoms with Crippen LogP contribution in [0.1, 0.15) is 53.2 Å². The quantitative estimate of drug-likeness (QED) is 0.241. The summed E-state index contributed by atoms with van der Waals surface area (Å²) in [4.78, 5) is 0. The van der Waals surface area contributed by atoms with Gasteiger partial charge in [-0.05, 0) is 62.5 Å². The van der Waals surface area contributed by atoms with Crippen molar-refractivity contribution >= 4 is 19.2 Å². The lowest BCUT2D eigenvalue weighted by Crippen LogP contribution is -2.43. The van der Waals surface area contributed by atoms with Gasteiger partial charge in [0.15, 0.2) is 6.23 Å². The van der Waals surface area contributed by atoms with Crippen LogP contribution >= 0.6 is 0 Å². The average molecular weight is 545 g/mol. The molecule has 0 spiro atoms. The van der Waals surface area contributed by atoms with Gasteiger partial charge in [-0.25, -0.2) is 4.68 Å². The minimum atomic E-state index is -1.99. The van der Waals surface area contributed by atoms with E-state index in [-0.39, 0.29) is 24.0 Å². The molecule has 0 radical (unpaired) electrons. The maximum absolute atomic E-state index is 9.02. The molecule has 210 valence electrons. The minimum Gasteiger partial charge on any atom is -0.543 e. The van der Waals surface area contributed by atoms with Crippen molar-refractivity contribution in [2.75, 3.05) is 33.0 Å². The molecule has 0 bridgehead atoms. The van der Waals surface area contributed by atoms with E-state index in [0.29, 0.717) is 26.4 Å². The van der Waals surface area contributed by atoms with E-state index < -0.39 is 8.32 Å². The Morgan fingerprint density at radius 3 is 2.71 bits per heavy atom. The molecular weight excluding hydrogens is 500 g/mol. The van der Waals surface area contributed by atoms with Crippen LogP contribution in [0, 0.1) is 0 Å². The monoisotopic (exact) mass is 544 g/mol. The molecule has 1 N–H and O–H groups in total. The van der Waals surface area contributed by atoms with E-state index in [1.54, 1.807) is 0 Å². The summed E-state index contributed by atoms with van der Waals surface area (Å²) >= 11 is 0. The van der Waals surface area contributed by atoms with Crippen LogP contribution in [-0.2, 0) is 20.8 Å². The van der Waals surface area contributed by atoms with E-state index in [1.165, 1.54) is 0 Å². The van der Waals surface area contributed by atoms with Crippen molar-refractivity contribution in [3.05, 3.63) is 30.6 Å². The van der Waals surface area contributed by atoms with Crippen LogP contribution in [0.3, 0.4) is 0 Å². The first-order chi connectivity index (χ1) is 18.1. The van der Waals surface area contributed by atoms with Crippen LogP contribution in [0.2, 0.25) is 18.1 Å². The Balaban J connectivity index is 1.55. The summed E-state index contributed by atoms with van der Waals surface area (Å²) in [6.07, 6.45) is 6.82. The fourth-order valence-corrected chi connectivity index (χ4v) is 5.23. The zero-order chi connectivity index (χ0) is 27.3. The topological polar surface area (TPSA) is 92.8 Å². The molecule has 0 aliphatic carbocycles. The molecule has 9 nitrogen and oxygen atoms in total. The summed E-state index contributed by atoms with van der Waals surface area (Å²) in [7, 11) is -1.99. The predicted octanol–water partition coefficient (Wildman–Crippen LogP) is 5.40. The molecule has 4 rings (SSSR count). The van der Waals surface area contributed by atoms with Crippen molar-refractivity contribution < 1.29 is 23.7 Å². The van der Waals surface area contributed by atoms with Crippen molar-refractivity contribution in [3.8, 4) is 17.0 Å². The number of aliphatic hydroxyl groups excluding tert-OH is 1. The lowest BCUT2D eigenvalue weighted by molar-refractivity contribution is -0.0365. The minimum absolute atomic E-state index is 0.0112. The van der Waals surface area contributed by atoms with Gasteiger partial charge in [-0.15, -0.1) is 0 Å². The fourth-order valence-electron chi connectivity index (χ4n) is 4.21. The molecule has 1 aliphatic heterocycles. The van der Waals surface area contributed by atoms with Gasteiger partial charge in [0.25, 0.3) is 0 Å². The van der Waals surface area contributed by atoms with Gasteiger partial charge in [0.2, 0.25) is 8.32 Å². The molecule has 10 heteroatoms. The number of aliphatic hydroxyl groups is 1. The SMILES string of the molecule is C[C@@H](CO)OCCOCCn1cc(-c2nn(C3CCCCO3)c3ccc(O[Si](C)(C)C(C)(C)C)cc23)cn1. The molecule has 0 amide bonds. The lowest BCUT2D eigenvalue weighted by Gasteiger charge is -2.36. The molecule has 1 fully saturated rings. The number of rotatable bonds is 12. The Bertz CT molecular complexity index is 1180. The maximum Gasteiger partial charge on any atom is 0.250 e. The van der Waals surface area contributed by atoms with E-state index in [1.807, 2.05) is 28.7 Å². The van der Waals surface area contributed by atoms with Crippen LogP contribution < -0.4 is 4.43 Å². The first-order valence-corrected chi connectivity index (χ1v) is 16.7. The van der Waals surface area contributed by atoms with E-state index in [2.05, 4.69) is 57.2 Å². The Morgan fingerprint density at radius 2 is 2.00 bits per heavy atom. The molecule has 3 heterocycles. The van der Waals surface area contributed by atoms with Crippen molar-refractivity contribution in [2.45, 2.75) is 84.0 Å². The van der Waals surface area contributed by atoms with Gasteiger partial charge in [-0.2, -0.15) is 10.2 Å². The van der Waals surface area contributed by atoms with Gasteiger partial charge in [0.05, 0.1) is 50.8 Å². The maximum atomic E-state index is 9.02. The molecule has 1 aromatic carbocycles. The number of fused-ring (bicyclic) bond motifs is 1. The highest BCUT2D eigenvalue weighted by Crippen LogP contribution is 2.39. The molecule has 3 aromatic rings. The molecule has 1 saturated heterocycles. The second-order valence-electron chi connectivity index (χ2n) is 11.6. The number of nitrogens with zero attached hydrogens (tertiary/aromatic N) is 4. The van der Waals surface area contributed by atoms with Gasteiger partial charge in [0, 0.05) is 23.8 Å². The molecule has 2 atom stereocenters. The van der Waals surface area contributed by atoms with Gasteiger partial charge in [-0.1, -0.05) is 20.8 Å². The first kappa shape index (κ1) is 28.8. The third-order valence-corrected chi connectivity index (χ3v) is 11.9. The van der Waals surface area contributed by atoms with E-state index in [4.69, 9.17) is 28.8 Å². The van der Waals surface area contributed by atoms with E-state index in [9.17, 15) is 0 Å². The summed E-state index contributed by atoms with van der Waals surface area (Å²) in [6.45, 7) is 16.0. The first-order valence-electron chi connectivity index (χ1n) is 13.7. The lowest BCUT2D eigenvalue weighted by atomic mass is 10.1. The fraction of sp³-hybridized carbons (Fsp3) is 0.643. The molecule has 0 saturated carbocycles. The Hall–Kier alpha value is -2.24. The van der Waals surface area contributed by atoms with Crippen LogP contribution in [0.5, 0.6) is 5.75 Å². The highest BCUT2D eigenvalue weighted by Gasteiger charge is 2.39. The van der Waals surface area contributed by atoms with Gasteiger partial charge in [0.1, 0.15) is 11.4 Å². The van der Waals surface area contributed by atoms with Crippen LogP contribution in [0.25, 0.3) is 22.2 Å². The largest absolute Gasteiger partial charge is 0.543 e. The molecule has 2 aromatic heterocycles. The van der Waals surface area contributed by atoms with Crippen molar-refractivity contribution in [1.82, 2.24) is 19.6 Å². The zero-order valence-corrected chi connectivity index (χ0v) is 24.8. The third kappa shape index (κ3) is 6.84. The highest BCUT2D eigenvalue weighted by molar-refractivity contribution is 6.74. The summed E-state index contributed by atoms with van der Waals surface area (Å²) in [5.41, 5.74) is 2.88. The molecular formula is C28H44N4O5Si. The van der Waals surface area contributed by atoms with E-state index in [0.717, 1.165) is 53.8 Å². The van der Waals surface area contributed by atoms with Gasteiger partial charge in [-0.3, -0.25) is 4.68 Å². The smallest absolute Gasteiger partial charge is 0.250 e. The average Bonchev–Trinajstić information content (AvgIpc) is 3.50. The number of hydrogen-bond acceptors (Lipinski definition) is 7. The molecule has 1 unspecified atom stereocenters. The second kappa shape index (κ2) is 12.3. The summed E-state index contributed by atoms with van der Waals surface area (Å²) in [6, 6.07) is 6.31. The Morgan fingerprint density at radius 1 is 1.18 bits per heavy atom. The van der Waals surface area contributed by atoms with Gasteiger partial charge >= 0.3 is 0 Å². The number of ether oxygens (including phenoxy) is 3. The zero-order valence-electron chi connectivity index (χ0n) is 23.8. The number of hydrogen-bond donors (Lipinski definition) is 1. The van der Waals surface area contributed by atoms with E-state index >= 15 is 0 Å². The van der Waals surface area contributed by atoms with Crippen LogP contribution in [-0.4, -0.2) is 72.1 Å². The van der Waals surface area contributed by atoms with Crippen molar-refractivity contribution in [2.24, 2.45) is 0 Å². The predicted molar refractivity (Wildman–Crippen MR) is 151 cm³/mol. The normalized spacial score (nSPS) is 17.7. The second-order valence-corrected chi connectivity index (χ2v) is 16.3. The van der Waals surface area contributed by atoms with Crippen LogP contribution in [0.15, 0.2) is 30.6 Å². The van der Waals surface area contributed by atoms with Gasteiger partial charge < -0.3 is 23.7 Å². The highest BCUT2D eigenvalue weighted by atomic mass is 28.4.